The molecule has 4 nitrogen and oxygen atoms in total. The van der Waals surface area contributed by atoms with Gasteiger partial charge in [-0.2, -0.15) is 0 Å². The summed E-state index contributed by atoms with van der Waals surface area (Å²) in [5.74, 6) is -0.211. The van der Waals surface area contributed by atoms with Crippen molar-refractivity contribution in [2.24, 2.45) is 5.41 Å². The van der Waals surface area contributed by atoms with Crippen molar-refractivity contribution in [2.75, 3.05) is 18.9 Å². The molecule has 0 aliphatic rings. The van der Waals surface area contributed by atoms with Crippen molar-refractivity contribution >= 4 is 28.3 Å². The summed E-state index contributed by atoms with van der Waals surface area (Å²) in [6, 6.07) is 13.7. The van der Waals surface area contributed by atoms with Crippen molar-refractivity contribution in [3.05, 3.63) is 42.5 Å². The molecule has 2 amide bonds. The lowest BCUT2D eigenvalue weighted by molar-refractivity contribution is -0.134. The Bertz CT molecular complexity index is 711. The first-order valence-corrected chi connectivity index (χ1v) is 7.78. The largest absolute Gasteiger partial charge is 0.336 e. The average molecular weight is 312 g/mol. The average Bonchev–Trinajstić information content (AvgIpc) is 2.45. The van der Waals surface area contributed by atoms with Gasteiger partial charge in [-0.25, -0.2) is 0 Å². The molecule has 0 aromatic heterocycles. The lowest BCUT2D eigenvalue weighted by Crippen LogP contribution is -2.36. The summed E-state index contributed by atoms with van der Waals surface area (Å²) in [6.07, 6.45) is 0.422. The smallest absolute Gasteiger partial charge is 0.243 e. The highest BCUT2D eigenvalue weighted by Gasteiger charge is 2.20. The predicted octanol–water partition coefficient (Wildman–Crippen LogP) is 3.67. The molecule has 0 heterocycles. The van der Waals surface area contributed by atoms with E-state index in [0.29, 0.717) is 6.42 Å². The van der Waals surface area contributed by atoms with Crippen molar-refractivity contribution < 1.29 is 9.59 Å². The van der Waals surface area contributed by atoms with Gasteiger partial charge in [-0.1, -0.05) is 57.2 Å². The van der Waals surface area contributed by atoms with E-state index >= 15 is 0 Å². The number of amides is 2. The molecule has 122 valence electrons. The Labute approximate surface area is 137 Å². The van der Waals surface area contributed by atoms with Crippen LogP contribution in [-0.2, 0) is 9.59 Å². The lowest BCUT2D eigenvalue weighted by Gasteiger charge is -2.23. The summed E-state index contributed by atoms with van der Waals surface area (Å²) in [7, 11) is 1.66. The molecule has 0 saturated carbocycles. The van der Waals surface area contributed by atoms with E-state index in [-0.39, 0.29) is 23.8 Å². The number of hydrogen-bond donors (Lipinski definition) is 1. The molecule has 0 spiro atoms. The van der Waals surface area contributed by atoms with Crippen LogP contribution in [0.4, 0.5) is 5.69 Å². The normalized spacial score (nSPS) is 11.3. The van der Waals surface area contributed by atoms with Crippen molar-refractivity contribution in [2.45, 2.75) is 27.2 Å². The maximum absolute atomic E-state index is 12.2. The standard InChI is InChI=1S/C19H24N2O2/c1-19(2,3)12-18(23)21(4)13-17(22)20-16-11-7-9-14-8-5-6-10-15(14)16/h5-11H,12-13H2,1-4H3,(H,20,22). The third kappa shape index (κ3) is 4.81. The SMILES string of the molecule is CN(CC(=O)Nc1cccc2ccccc12)C(=O)CC(C)(C)C. The Hall–Kier alpha value is -2.36. The van der Waals surface area contributed by atoms with Crippen LogP contribution < -0.4 is 5.32 Å². The molecule has 0 aliphatic carbocycles. The van der Waals surface area contributed by atoms with Gasteiger partial charge in [-0.3, -0.25) is 9.59 Å². The van der Waals surface area contributed by atoms with Gasteiger partial charge in [0.25, 0.3) is 0 Å². The minimum Gasteiger partial charge on any atom is -0.336 e. The molecule has 0 saturated heterocycles. The van der Waals surface area contributed by atoms with Gasteiger partial charge in [0.05, 0.1) is 6.54 Å². The van der Waals surface area contributed by atoms with Crippen LogP contribution in [0.3, 0.4) is 0 Å². The van der Waals surface area contributed by atoms with Gasteiger partial charge >= 0.3 is 0 Å². The van der Waals surface area contributed by atoms with Crippen LogP contribution >= 0.6 is 0 Å². The van der Waals surface area contributed by atoms with E-state index in [2.05, 4.69) is 5.32 Å². The molecule has 0 atom stereocenters. The Kier molecular flexibility index (Phi) is 5.04. The first kappa shape index (κ1) is 17.0. The molecule has 2 rings (SSSR count). The van der Waals surface area contributed by atoms with Crippen molar-refractivity contribution in [3.8, 4) is 0 Å². The van der Waals surface area contributed by atoms with E-state index in [1.807, 2.05) is 63.2 Å². The third-order valence-electron chi connectivity index (χ3n) is 3.55. The van der Waals surface area contributed by atoms with E-state index in [9.17, 15) is 9.59 Å². The fourth-order valence-electron chi connectivity index (χ4n) is 2.42. The number of carbonyl (C=O) groups excluding carboxylic acids is 2. The summed E-state index contributed by atoms with van der Waals surface area (Å²) in [5.41, 5.74) is 0.682. The molecular formula is C19H24N2O2. The summed E-state index contributed by atoms with van der Waals surface area (Å²) < 4.78 is 0. The number of likely N-dealkylation sites (N-methyl/N-ethyl adjacent to an activating group) is 1. The predicted molar refractivity (Wildman–Crippen MR) is 94.3 cm³/mol. The number of anilines is 1. The van der Waals surface area contributed by atoms with Crippen molar-refractivity contribution in [1.82, 2.24) is 4.90 Å². The summed E-state index contributed by atoms with van der Waals surface area (Å²) in [6.45, 7) is 6.08. The van der Waals surface area contributed by atoms with E-state index in [0.717, 1.165) is 16.5 Å². The second-order valence-corrected chi connectivity index (χ2v) is 7.06. The highest BCUT2D eigenvalue weighted by atomic mass is 16.2. The van der Waals surface area contributed by atoms with Crippen LogP contribution in [0.1, 0.15) is 27.2 Å². The van der Waals surface area contributed by atoms with E-state index < -0.39 is 0 Å². The topological polar surface area (TPSA) is 49.4 Å². The van der Waals surface area contributed by atoms with E-state index in [4.69, 9.17) is 0 Å². The van der Waals surface area contributed by atoms with Crippen LogP contribution in [0.5, 0.6) is 0 Å². The number of fused-ring (bicyclic) bond motifs is 1. The van der Waals surface area contributed by atoms with Gasteiger partial charge in [-0.05, 0) is 16.9 Å². The van der Waals surface area contributed by atoms with Crippen molar-refractivity contribution in [1.29, 1.82) is 0 Å². The number of carbonyl (C=O) groups is 2. The van der Waals surface area contributed by atoms with Crippen LogP contribution in [-0.4, -0.2) is 30.3 Å². The van der Waals surface area contributed by atoms with Gasteiger partial charge in [0.2, 0.25) is 11.8 Å². The number of nitrogens with zero attached hydrogens (tertiary/aromatic N) is 1. The minimum atomic E-state index is -0.189. The molecule has 0 unspecified atom stereocenters. The zero-order valence-electron chi connectivity index (χ0n) is 14.2. The number of hydrogen-bond acceptors (Lipinski definition) is 2. The second-order valence-electron chi connectivity index (χ2n) is 7.06. The summed E-state index contributed by atoms with van der Waals surface area (Å²) in [5, 5.41) is 4.97. The molecule has 23 heavy (non-hydrogen) atoms. The molecule has 4 heteroatoms. The lowest BCUT2D eigenvalue weighted by atomic mass is 9.92. The maximum Gasteiger partial charge on any atom is 0.243 e. The Morgan fingerprint density at radius 3 is 2.39 bits per heavy atom. The van der Waals surface area contributed by atoms with Gasteiger partial charge in [0.1, 0.15) is 0 Å². The van der Waals surface area contributed by atoms with Crippen LogP contribution in [0.25, 0.3) is 10.8 Å². The van der Waals surface area contributed by atoms with Crippen molar-refractivity contribution in [3.63, 3.8) is 0 Å². The third-order valence-corrected chi connectivity index (χ3v) is 3.55. The van der Waals surface area contributed by atoms with Crippen LogP contribution in [0.2, 0.25) is 0 Å². The molecular weight excluding hydrogens is 288 g/mol. The maximum atomic E-state index is 12.2. The second kappa shape index (κ2) is 6.82. The number of benzene rings is 2. The first-order valence-electron chi connectivity index (χ1n) is 7.78. The first-order chi connectivity index (χ1) is 10.8. The van der Waals surface area contributed by atoms with Gasteiger partial charge in [0, 0.05) is 24.5 Å². The molecule has 2 aromatic carbocycles. The Morgan fingerprint density at radius 1 is 1.04 bits per heavy atom. The summed E-state index contributed by atoms with van der Waals surface area (Å²) >= 11 is 0. The van der Waals surface area contributed by atoms with Gasteiger partial charge < -0.3 is 10.2 Å². The zero-order chi connectivity index (χ0) is 17.0. The monoisotopic (exact) mass is 312 g/mol. The van der Waals surface area contributed by atoms with Gasteiger partial charge in [0.15, 0.2) is 0 Å². The van der Waals surface area contributed by atoms with E-state index in [1.54, 1.807) is 7.05 Å². The number of nitrogens with one attached hydrogen (secondary N) is 1. The van der Waals surface area contributed by atoms with Crippen LogP contribution in [0, 0.1) is 5.41 Å². The summed E-state index contributed by atoms with van der Waals surface area (Å²) in [4.78, 5) is 25.8. The fraction of sp³-hybridized carbons (Fsp3) is 0.368. The van der Waals surface area contributed by atoms with Crippen LogP contribution in [0.15, 0.2) is 42.5 Å². The molecule has 2 aromatic rings. The highest BCUT2D eigenvalue weighted by Crippen LogP contribution is 2.23. The molecule has 0 bridgehead atoms. The molecule has 1 N–H and O–H groups in total. The number of rotatable bonds is 4. The molecule has 0 aliphatic heterocycles. The fourth-order valence-corrected chi connectivity index (χ4v) is 2.42. The molecule has 0 radical (unpaired) electrons. The minimum absolute atomic E-state index is 0.0226. The highest BCUT2D eigenvalue weighted by molar-refractivity contribution is 6.03. The van der Waals surface area contributed by atoms with Gasteiger partial charge in [-0.15, -0.1) is 0 Å². The van der Waals surface area contributed by atoms with E-state index in [1.165, 1.54) is 4.90 Å². The zero-order valence-corrected chi connectivity index (χ0v) is 14.2. The Morgan fingerprint density at radius 2 is 1.70 bits per heavy atom. The molecule has 0 fully saturated rings. The quantitative estimate of drug-likeness (QED) is 0.936. The Balaban J connectivity index is 2.03.